The Bertz CT molecular complexity index is 365. The third-order valence-electron chi connectivity index (χ3n) is 3.33. The van der Waals surface area contributed by atoms with E-state index in [1.165, 1.54) is 0 Å². The number of hydrogen-bond donors (Lipinski definition) is 1. The smallest absolute Gasteiger partial charge is 0.163 e. The fraction of sp³-hybridized carbons (Fsp3) is 0.571. The SMILES string of the molecule is CCN(CC)CCC(NC)c1cccc(F)c1F. The highest BCUT2D eigenvalue weighted by molar-refractivity contribution is 5.22. The van der Waals surface area contributed by atoms with Crippen LogP contribution in [0.2, 0.25) is 0 Å². The Morgan fingerprint density at radius 1 is 1.22 bits per heavy atom. The molecular weight excluding hydrogens is 234 g/mol. The van der Waals surface area contributed by atoms with Gasteiger partial charge in [0.05, 0.1) is 0 Å². The molecule has 1 aromatic rings. The van der Waals surface area contributed by atoms with E-state index in [1.54, 1.807) is 19.2 Å². The Labute approximate surface area is 108 Å². The van der Waals surface area contributed by atoms with Gasteiger partial charge in [-0.1, -0.05) is 26.0 Å². The Morgan fingerprint density at radius 3 is 2.44 bits per heavy atom. The second-order valence-corrected chi connectivity index (χ2v) is 4.30. The molecule has 0 saturated heterocycles. The van der Waals surface area contributed by atoms with Crippen molar-refractivity contribution in [2.24, 2.45) is 0 Å². The van der Waals surface area contributed by atoms with Gasteiger partial charge in [-0.15, -0.1) is 0 Å². The van der Waals surface area contributed by atoms with Crippen LogP contribution in [-0.2, 0) is 0 Å². The molecule has 18 heavy (non-hydrogen) atoms. The van der Waals surface area contributed by atoms with E-state index in [-0.39, 0.29) is 6.04 Å². The van der Waals surface area contributed by atoms with E-state index in [9.17, 15) is 8.78 Å². The van der Waals surface area contributed by atoms with Crippen molar-refractivity contribution in [2.75, 3.05) is 26.7 Å². The van der Waals surface area contributed by atoms with Crippen LogP contribution in [0.25, 0.3) is 0 Å². The molecule has 0 heterocycles. The van der Waals surface area contributed by atoms with Crippen molar-refractivity contribution in [3.8, 4) is 0 Å². The van der Waals surface area contributed by atoms with Gasteiger partial charge in [0, 0.05) is 11.6 Å². The summed E-state index contributed by atoms with van der Waals surface area (Å²) in [5, 5.41) is 3.06. The number of halogens is 2. The lowest BCUT2D eigenvalue weighted by Crippen LogP contribution is -2.28. The molecule has 0 saturated carbocycles. The van der Waals surface area contributed by atoms with Crippen LogP contribution in [0.15, 0.2) is 18.2 Å². The van der Waals surface area contributed by atoms with E-state index in [0.29, 0.717) is 5.56 Å². The molecule has 1 unspecified atom stereocenters. The number of benzene rings is 1. The molecule has 1 rings (SSSR count). The highest BCUT2D eigenvalue weighted by atomic mass is 19.2. The van der Waals surface area contributed by atoms with Crippen molar-refractivity contribution in [1.29, 1.82) is 0 Å². The van der Waals surface area contributed by atoms with E-state index < -0.39 is 11.6 Å². The maximum Gasteiger partial charge on any atom is 0.163 e. The average Bonchev–Trinajstić information content (AvgIpc) is 2.39. The van der Waals surface area contributed by atoms with E-state index in [2.05, 4.69) is 24.1 Å². The lowest BCUT2D eigenvalue weighted by Gasteiger charge is -2.23. The number of nitrogens with zero attached hydrogens (tertiary/aromatic N) is 1. The van der Waals surface area contributed by atoms with Crippen LogP contribution in [0.1, 0.15) is 31.9 Å². The summed E-state index contributed by atoms with van der Waals surface area (Å²) in [5.41, 5.74) is 0.407. The minimum Gasteiger partial charge on any atom is -0.313 e. The minimum atomic E-state index is -0.782. The molecule has 0 fully saturated rings. The number of hydrogen-bond acceptors (Lipinski definition) is 2. The summed E-state index contributed by atoms with van der Waals surface area (Å²) in [4.78, 5) is 2.27. The van der Waals surface area contributed by atoms with Gasteiger partial charge in [0.25, 0.3) is 0 Å². The molecule has 1 atom stereocenters. The molecule has 0 radical (unpaired) electrons. The molecule has 1 N–H and O–H groups in total. The van der Waals surface area contributed by atoms with Gasteiger partial charge in [-0.2, -0.15) is 0 Å². The highest BCUT2D eigenvalue weighted by Crippen LogP contribution is 2.21. The first-order valence-corrected chi connectivity index (χ1v) is 6.47. The largest absolute Gasteiger partial charge is 0.313 e. The monoisotopic (exact) mass is 256 g/mol. The molecule has 0 bridgehead atoms. The predicted octanol–water partition coefficient (Wildman–Crippen LogP) is 2.96. The molecule has 2 nitrogen and oxygen atoms in total. The fourth-order valence-corrected chi connectivity index (χ4v) is 2.10. The summed E-state index contributed by atoms with van der Waals surface area (Å²) >= 11 is 0. The van der Waals surface area contributed by atoms with Crippen molar-refractivity contribution >= 4 is 0 Å². The third kappa shape index (κ3) is 3.75. The van der Waals surface area contributed by atoms with Gasteiger partial charge in [0.2, 0.25) is 0 Å². The lowest BCUT2D eigenvalue weighted by atomic mass is 10.0. The number of rotatable bonds is 7. The van der Waals surface area contributed by atoms with Crippen molar-refractivity contribution < 1.29 is 8.78 Å². The zero-order valence-corrected chi connectivity index (χ0v) is 11.3. The Kier molecular flexibility index (Phi) is 6.22. The van der Waals surface area contributed by atoms with Crippen molar-refractivity contribution in [3.05, 3.63) is 35.4 Å². The molecule has 0 aromatic heterocycles. The Morgan fingerprint density at radius 2 is 1.89 bits per heavy atom. The molecular formula is C14H22F2N2. The first-order chi connectivity index (χ1) is 8.63. The van der Waals surface area contributed by atoms with Crippen LogP contribution < -0.4 is 5.32 Å². The number of nitrogens with one attached hydrogen (secondary N) is 1. The van der Waals surface area contributed by atoms with Gasteiger partial charge in [-0.05, 0) is 39.2 Å². The first kappa shape index (κ1) is 15.1. The minimum absolute atomic E-state index is 0.152. The lowest BCUT2D eigenvalue weighted by molar-refractivity contribution is 0.282. The molecule has 1 aromatic carbocycles. The normalized spacial score (nSPS) is 13.0. The molecule has 0 aliphatic carbocycles. The summed E-state index contributed by atoms with van der Waals surface area (Å²) in [5.74, 6) is -1.52. The maximum absolute atomic E-state index is 13.7. The molecule has 0 spiro atoms. The Balaban J connectivity index is 2.74. The van der Waals surface area contributed by atoms with Gasteiger partial charge >= 0.3 is 0 Å². The van der Waals surface area contributed by atoms with Crippen LogP contribution in [0.5, 0.6) is 0 Å². The summed E-state index contributed by atoms with van der Waals surface area (Å²) in [6.07, 6.45) is 0.762. The standard InChI is InChI=1S/C14H22F2N2/c1-4-18(5-2)10-9-13(17-3)11-7-6-8-12(15)14(11)16/h6-8,13,17H,4-5,9-10H2,1-3H3. The summed E-state index contributed by atoms with van der Waals surface area (Å²) in [7, 11) is 1.78. The summed E-state index contributed by atoms with van der Waals surface area (Å²) in [6.45, 7) is 7.01. The molecule has 102 valence electrons. The topological polar surface area (TPSA) is 15.3 Å². The van der Waals surface area contributed by atoms with Crippen LogP contribution in [0.4, 0.5) is 8.78 Å². The first-order valence-electron chi connectivity index (χ1n) is 6.47. The molecule has 4 heteroatoms. The van der Waals surface area contributed by atoms with Gasteiger partial charge in [0.1, 0.15) is 0 Å². The van der Waals surface area contributed by atoms with Crippen LogP contribution in [-0.4, -0.2) is 31.6 Å². The second-order valence-electron chi connectivity index (χ2n) is 4.30. The third-order valence-corrected chi connectivity index (χ3v) is 3.33. The van der Waals surface area contributed by atoms with E-state index in [1.807, 2.05) is 0 Å². The highest BCUT2D eigenvalue weighted by Gasteiger charge is 2.17. The van der Waals surface area contributed by atoms with Crippen molar-refractivity contribution in [2.45, 2.75) is 26.3 Å². The van der Waals surface area contributed by atoms with E-state index in [0.717, 1.165) is 32.1 Å². The zero-order valence-electron chi connectivity index (χ0n) is 11.3. The van der Waals surface area contributed by atoms with Crippen LogP contribution in [0.3, 0.4) is 0 Å². The molecule has 0 aliphatic rings. The van der Waals surface area contributed by atoms with Gasteiger partial charge in [-0.3, -0.25) is 0 Å². The predicted molar refractivity (Wildman–Crippen MR) is 70.6 cm³/mol. The molecule has 0 aliphatic heterocycles. The average molecular weight is 256 g/mol. The van der Waals surface area contributed by atoms with Crippen LogP contribution >= 0.6 is 0 Å². The van der Waals surface area contributed by atoms with E-state index >= 15 is 0 Å². The maximum atomic E-state index is 13.7. The van der Waals surface area contributed by atoms with Gasteiger partial charge in [-0.25, -0.2) is 8.78 Å². The van der Waals surface area contributed by atoms with E-state index in [4.69, 9.17) is 0 Å². The summed E-state index contributed by atoms with van der Waals surface area (Å²) < 4.78 is 26.9. The second kappa shape index (κ2) is 7.44. The summed E-state index contributed by atoms with van der Waals surface area (Å²) in [6, 6.07) is 4.19. The van der Waals surface area contributed by atoms with Crippen LogP contribution in [0, 0.1) is 11.6 Å². The Hall–Kier alpha value is -1.00. The zero-order chi connectivity index (χ0) is 13.5. The van der Waals surface area contributed by atoms with Gasteiger partial charge < -0.3 is 10.2 Å². The van der Waals surface area contributed by atoms with Crippen molar-refractivity contribution in [1.82, 2.24) is 10.2 Å². The molecule has 0 amide bonds. The fourth-order valence-electron chi connectivity index (χ4n) is 2.10. The van der Waals surface area contributed by atoms with Crippen molar-refractivity contribution in [3.63, 3.8) is 0 Å². The quantitative estimate of drug-likeness (QED) is 0.807. The van der Waals surface area contributed by atoms with Gasteiger partial charge in [0.15, 0.2) is 11.6 Å².